The van der Waals surface area contributed by atoms with Crippen molar-refractivity contribution in [2.45, 2.75) is 26.1 Å². The topological polar surface area (TPSA) is 85.3 Å². The van der Waals surface area contributed by atoms with Gasteiger partial charge in [0.05, 0.1) is 21.3 Å². The number of hydrogen-bond donors (Lipinski definition) is 1. The van der Waals surface area contributed by atoms with Crippen LogP contribution in [0, 0.1) is 11.8 Å². The Morgan fingerprint density at radius 3 is 2.18 bits per heavy atom. The first kappa shape index (κ1) is 25.9. The van der Waals surface area contributed by atoms with Crippen molar-refractivity contribution in [1.82, 2.24) is 4.90 Å². The maximum absolute atomic E-state index is 13.5. The summed E-state index contributed by atoms with van der Waals surface area (Å²) in [6.07, 6.45) is -1.24. The zero-order valence-electron chi connectivity index (χ0n) is 19.4. The standard InChI is InChI=1S/C25H27Cl2NO6/c1-14(12-17-18(26)6-5-7-19(17)27)21(29)20-22(30)23(33-3)25(34-4)28(24(20)31)13-15-8-10-16(32-2)11-9-15/h5-11,14,20,24,31H,12-13H2,1-4H3. The number of benzene rings is 2. The number of Topliss-reactive ketones (excluding diaryl/α,β-unsaturated/α-hetero) is 2. The quantitative estimate of drug-likeness (QED) is 0.508. The lowest BCUT2D eigenvalue weighted by atomic mass is 9.83. The molecule has 0 spiro atoms. The number of halogens is 2. The SMILES string of the molecule is COC1=C(OC)N(Cc2ccc(OC)cc2)C(O)C(C(=O)C(C)Cc2c(Cl)cccc2Cl)C1=O. The summed E-state index contributed by atoms with van der Waals surface area (Å²) < 4.78 is 15.9. The smallest absolute Gasteiger partial charge is 0.239 e. The second kappa shape index (κ2) is 11.1. The molecule has 0 saturated carbocycles. The van der Waals surface area contributed by atoms with Gasteiger partial charge in [-0.25, -0.2) is 0 Å². The van der Waals surface area contributed by atoms with Gasteiger partial charge in [0, 0.05) is 22.5 Å². The van der Waals surface area contributed by atoms with E-state index in [9.17, 15) is 14.7 Å². The molecular formula is C25H27Cl2NO6. The van der Waals surface area contributed by atoms with Crippen molar-refractivity contribution >= 4 is 34.8 Å². The first-order valence-corrected chi connectivity index (χ1v) is 11.4. The number of ketones is 2. The molecule has 0 aromatic heterocycles. The fourth-order valence-corrected chi connectivity index (χ4v) is 4.57. The lowest BCUT2D eigenvalue weighted by Crippen LogP contribution is -2.52. The molecule has 1 aliphatic rings. The number of carbonyl (C=O) groups excluding carboxylic acids is 2. The number of aliphatic hydroxyl groups is 1. The van der Waals surface area contributed by atoms with E-state index in [1.54, 1.807) is 44.4 Å². The monoisotopic (exact) mass is 507 g/mol. The predicted molar refractivity (Wildman–Crippen MR) is 128 cm³/mol. The Kier molecular flexibility index (Phi) is 8.47. The molecule has 1 heterocycles. The highest BCUT2D eigenvalue weighted by Gasteiger charge is 2.48. The van der Waals surface area contributed by atoms with Gasteiger partial charge in [0.15, 0.2) is 5.78 Å². The van der Waals surface area contributed by atoms with Crippen molar-refractivity contribution in [2.24, 2.45) is 11.8 Å². The van der Waals surface area contributed by atoms with E-state index in [0.29, 0.717) is 21.4 Å². The Labute approximate surface area is 208 Å². The first-order valence-electron chi connectivity index (χ1n) is 10.6. The van der Waals surface area contributed by atoms with Crippen molar-refractivity contribution in [3.8, 4) is 5.75 Å². The summed E-state index contributed by atoms with van der Waals surface area (Å²) in [7, 11) is 4.27. The highest BCUT2D eigenvalue weighted by molar-refractivity contribution is 6.36. The van der Waals surface area contributed by atoms with E-state index in [2.05, 4.69) is 0 Å². The highest BCUT2D eigenvalue weighted by Crippen LogP contribution is 2.34. The number of rotatable bonds is 9. The van der Waals surface area contributed by atoms with Crippen LogP contribution in [0.3, 0.4) is 0 Å². The molecule has 3 unspecified atom stereocenters. The van der Waals surface area contributed by atoms with Gasteiger partial charge in [-0.1, -0.05) is 48.3 Å². The van der Waals surface area contributed by atoms with Crippen LogP contribution in [0.25, 0.3) is 0 Å². The van der Waals surface area contributed by atoms with Crippen LogP contribution in [-0.4, -0.2) is 49.1 Å². The molecule has 2 aromatic carbocycles. The minimum Gasteiger partial charge on any atom is -0.497 e. The van der Waals surface area contributed by atoms with Crippen molar-refractivity contribution in [1.29, 1.82) is 0 Å². The maximum Gasteiger partial charge on any atom is 0.239 e. The van der Waals surface area contributed by atoms with Crippen molar-refractivity contribution in [3.05, 3.63) is 75.3 Å². The summed E-state index contributed by atoms with van der Waals surface area (Å²) in [5.74, 6) is -2.49. The van der Waals surface area contributed by atoms with Crippen molar-refractivity contribution < 1.29 is 28.9 Å². The van der Waals surface area contributed by atoms with Gasteiger partial charge in [-0.05, 0) is 41.8 Å². The molecule has 1 N–H and O–H groups in total. The highest BCUT2D eigenvalue weighted by atomic mass is 35.5. The number of nitrogens with zero attached hydrogens (tertiary/aromatic N) is 1. The molecule has 34 heavy (non-hydrogen) atoms. The van der Waals surface area contributed by atoms with Crippen LogP contribution in [0.15, 0.2) is 54.1 Å². The molecule has 3 atom stereocenters. The molecular weight excluding hydrogens is 481 g/mol. The molecule has 2 aromatic rings. The summed E-state index contributed by atoms with van der Waals surface area (Å²) >= 11 is 12.5. The summed E-state index contributed by atoms with van der Waals surface area (Å²) in [4.78, 5) is 28.1. The van der Waals surface area contributed by atoms with Crippen LogP contribution in [0.4, 0.5) is 0 Å². The van der Waals surface area contributed by atoms with Crippen molar-refractivity contribution in [3.63, 3.8) is 0 Å². The molecule has 9 heteroatoms. The molecule has 0 amide bonds. The van der Waals surface area contributed by atoms with E-state index in [0.717, 1.165) is 5.56 Å². The number of hydrogen-bond acceptors (Lipinski definition) is 7. The van der Waals surface area contributed by atoms with Crippen LogP contribution in [0.1, 0.15) is 18.1 Å². The molecule has 7 nitrogen and oxygen atoms in total. The molecule has 3 rings (SSSR count). The molecule has 0 radical (unpaired) electrons. The second-order valence-corrected chi connectivity index (χ2v) is 8.80. The third-order valence-corrected chi connectivity index (χ3v) is 6.56. The Morgan fingerprint density at radius 1 is 1.03 bits per heavy atom. The summed E-state index contributed by atoms with van der Waals surface area (Å²) in [5.41, 5.74) is 1.42. The zero-order chi connectivity index (χ0) is 25.0. The van der Waals surface area contributed by atoms with Gasteiger partial charge in [-0.3, -0.25) is 9.59 Å². The Morgan fingerprint density at radius 2 is 1.65 bits per heavy atom. The normalized spacial score (nSPS) is 19.1. The van der Waals surface area contributed by atoms with E-state index < -0.39 is 29.6 Å². The molecule has 0 bridgehead atoms. The fraction of sp³-hybridized carbons (Fsp3) is 0.360. The van der Waals surface area contributed by atoms with Crippen LogP contribution in [0.5, 0.6) is 5.75 Å². The summed E-state index contributed by atoms with van der Waals surface area (Å²) in [6, 6.07) is 12.3. The summed E-state index contributed by atoms with van der Waals surface area (Å²) in [5, 5.41) is 12.1. The van der Waals surface area contributed by atoms with Crippen LogP contribution in [0.2, 0.25) is 10.0 Å². The average molecular weight is 508 g/mol. The Balaban J connectivity index is 1.92. The fourth-order valence-electron chi connectivity index (χ4n) is 4.02. The third-order valence-electron chi connectivity index (χ3n) is 5.85. The zero-order valence-corrected chi connectivity index (χ0v) is 20.9. The molecule has 0 saturated heterocycles. The molecule has 0 aliphatic carbocycles. The van der Waals surface area contributed by atoms with Gasteiger partial charge in [0.1, 0.15) is 17.9 Å². The summed E-state index contributed by atoms with van der Waals surface area (Å²) in [6.45, 7) is 1.85. The number of methoxy groups -OCH3 is 3. The minimum atomic E-state index is -1.46. The molecule has 0 fully saturated rings. The predicted octanol–water partition coefficient (Wildman–Crippen LogP) is 4.23. The number of carbonyl (C=O) groups is 2. The van der Waals surface area contributed by atoms with Gasteiger partial charge < -0.3 is 24.2 Å². The van der Waals surface area contributed by atoms with Gasteiger partial charge in [0.25, 0.3) is 0 Å². The largest absolute Gasteiger partial charge is 0.497 e. The van der Waals surface area contributed by atoms with Gasteiger partial charge in [-0.2, -0.15) is 0 Å². The average Bonchev–Trinajstić information content (AvgIpc) is 2.83. The van der Waals surface area contributed by atoms with E-state index in [1.807, 2.05) is 12.1 Å². The second-order valence-electron chi connectivity index (χ2n) is 7.98. The molecule has 1 aliphatic heterocycles. The number of allylic oxidation sites excluding steroid dienone is 1. The van der Waals surface area contributed by atoms with E-state index in [1.165, 1.54) is 19.1 Å². The molecule has 182 valence electrons. The number of ether oxygens (including phenoxy) is 3. The van der Waals surface area contributed by atoms with Crippen LogP contribution < -0.4 is 4.74 Å². The maximum atomic E-state index is 13.5. The van der Waals surface area contributed by atoms with E-state index in [4.69, 9.17) is 37.4 Å². The van der Waals surface area contributed by atoms with Crippen LogP contribution in [-0.2, 0) is 32.0 Å². The first-order chi connectivity index (χ1) is 16.2. The van der Waals surface area contributed by atoms with Gasteiger partial charge in [0.2, 0.25) is 17.4 Å². The van der Waals surface area contributed by atoms with E-state index >= 15 is 0 Å². The minimum absolute atomic E-state index is 0.0571. The lowest BCUT2D eigenvalue weighted by Gasteiger charge is -2.39. The Hall–Kier alpha value is -2.74. The Bertz CT molecular complexity index is 1070. The number of aliphatic hydroxyl groups excluding tert-OH is 1. The van der Waals surface area contributed by atoms with Crippen LogP contribution >= 0.6 is 23.2 Å². The van der Waals surface area contributed by atoms with E-state index in [-0.39, 0.29) is 24.6 Å². The van der Waals surface area contributed by atoms with Crippen molar-refractivity contribution in [2.75, 3.05) is 21.3 Å². The third kappa shape index (κ3) is 5.17. The van der Waals surface area contributed by atoms with Gasteiger partial charge in [-0.15, -0.1) is 0 Å². The lowest BCUT2D eigenvalue weighted by molar-refractivity contribution is -0.152. The van der Waals surface area contributed by atoms with Gasteiger partial charge >= 0.3 is 0 Å².